The van der Waals surface area contributed by atoms with Crippen LogP contribution in [0.25, 0.3) is 5.57 Å². The molecular formula is C21H24O4. The van der Waals surface area contributed by atoms with Crippen molar-refractivity contribution in [2.24, 2.45) is 23.7 Å². The zero-order chi connectivity index (χ0) is 17.8. The molecule has 0 aromatic heterocycles. The van der Waals surface area contributed by atoms with Gasteiger partial charge in [-0.25, -0.2) is 0 Å². The third-order valence-corrected chi connectivity index (χ3v) is 5.03. The highest BCUT2D eigenvalue weighted by Crippen LogP contribution is 2.43. The molecule has 1 aromatic rings. The molecule has 0 heterocycles. The molecule has 0 radical (unpaired) electrons. The first kappa shape index (κ1) is 17.5. The molecular weight excluding hydrogens is 316 g/mol. The van der Waals surface area contributed by atoms with Crippen LogP contribution in [-0.2, 0) is 19.1 Å². The molecule has 0 amide bonds. The predicted octanol–water partition coefficient (Wildman–Crippen LogP) is 3.63. The van der Waals surface area contributed by atoms with E-state index in [9.17, 15) is 9.59 Å². The van der Waals surface area contributed by atoms with E-state index in [1.54, 1.807) is 0 Å². The number of rotatable bonds is 5. The Morgan fingerprint density at radius 3 is 2.32 bits per heavy atom. The summed E-state index contributed by atoms with van der Waals surface area (Å²) in [6.07, 6.45) is 9.14. The van der Waals surface area contributed by atoms with Crippen LogP contribution in [0.4, 0.5) is 0 Å². The molecule has 0 saturated heterocycles. The molecule has 4 heteroatoms. The Hall–Kier alpha value is -2.36. The van der Waals surface area contributed by atoms with Crippen LogP contribution in [-0.4, -0.2) is 26.2 Å². The minimum atomic E-state index is -0.562. The van der Waals surface area contributed by atoms with Crippen LogP contribution in [0.3, 0.4) is 0 Å². The summed E-state index contributed by atoms with van der Waals surface area (Å²) < 4.78 is 9.99. The van der Waals surface area contributed by atoms with E-state index in [0.29, 0.717) is 12.3 Å². The number of esters is 2. The third kappa shape index (κ3) is 3.84. The van der Waals surface area contributed by atoms with Gasteiger partial charge in [-0.3, -0.25) is 9.59 Å². The Bertz CT molecular complexity index is 685. The standard InChI is InChI=1S/C21H24O4/c1-24-20(22)17-10-6-9-16(19(17)21(23)25-2)18(13-14-11-12-14)15-7-4-3-5-8-15/h3-9,13-14,16-17,19H,10-12H2,1-2H3/b18-13+. The fourth-order valence-corrected chi connectivity index (χ4v) is 3.57. The van der Waals surface area contributed by atoms with Gasteiger partial charge in [0.25, 0.3) is 0 Å². The maximum absolute atomic E-state index is 12.6. The van der Waals surface area contributed by atoms with Crippen molar-refractivity contribution in [3.63, 3.8) is 0 Å². The number of carbonyl (C=O) groups excluding carboxylic acids is 2. The average Bonchev–Trinajstić information content (AvgIpc) is 3.49. The van der Waals surface area contributed by atoms with Crippen LogP contribution in [0.15, 0.2) is 48.6 Å². The van der Waals surface area contributed by atoms with E-state index in [1.807, 2.05) is 30.4 Å². The lowest BCUT2D eigenvalue weighted by atomic mass is 9.71. The molecule has 0 bridgehead atoms. The van der Waals surface area contributed by atoms with Crippen molar-refractivity contribution < 1.29 is 19.1 Å². The van der Waals surface area contributed by atoms with E-state index in [0.717, 1.165) is 11.1 Å². The molecule has 25 heavy (non-hydrogen) atoms. The molecule has 1 fully saturated rings. The topological polar surface area (TPSA) is 52.6 Å². The second-order valence-corrected chi connectivity index (χ2v) is 6.69. The van der Waals surface area contributed by atoms with Crippen LogP contribution in [0.5, 0.6) is 0 Å². The molecule has 2 aliphatic carbocycles. The number of hydrogen-bond acceptors (Lipinski definition) is 4. The van der Waals surface area contributed by atoms with Crippen molar-refractivity contribution in [1.82, 2.24) is 0 Å². The summed E-state index contributed by atoms with van der Waals surface area (Å²) in [4.78, 5) is 24.8. The van der Waals surface area contributed by atoms with Gasteiger partial charge in [0.15, 0.2) is 0 Å². The maximum atomic E-state index is 12.6. The van der Waals surface area contributed by atoms with E-state index in [1.165, 1.54) is 27.1 Å². The SMILES string of the molecule is COC(=O)C1CC=CC(/C(=C/C2CC2)c2ccccc2)C1C(=O)OC. The zero-order valence-corrected chi connectivity index (χ0v) is 14.7. The second-order valence-electron chi connectivity index (χ2n) is 6.69. The zero-order valence-electron chi connectivity index (χ0n) is 14.7. The van der Waals surface area contributed by atoms with Gasteiger partial charge in [0.1, 0.15) is 0 Å². The summed E-state index contributed by atoms with van der Waals surface area (Å²) in [6.45, 7) is 0. The van der Waals surface area contributed by atoms with E-state index in [-0.39, 0.29) is 17.9 Å². The first-order chi connectivity index (χ1) is 12.2. The van der Waals surface area contributed by atoms with Gasteiger partial charge in [-0.1, -0.05) is 48.6 Å². The quantitative estimate of drug-likeness (QED) is 0.607. The molecule has 2 aliphatic rings. The summed E-state index contributed by atoms with van der Waals surface area (Å²) in [6, 6.07) is 10.1. The molecule has 1 saturated carbocycles. The lowest BCUT2D eigenvalue weighted by Crippen LogP contribution is -2.38. The molecule has 4 nitrogen and oxygen atoms in total. The van der Waals surface area contributed by atoms with Gasteiger partial charge >= 0.3 is 11.9 Å². The van der Waals surface area contributed by atoms with Gasteiger partial charge in [0, 0.05) is 5.92 Å². The van der Waals surface area contributed by atoms with Crippen molar-refractivity contribution in [1.29, 1.82) is 0 Å². The summed E-state index contributed by atoms with van der Waals surface area (Å²) in [5.74, 6) is -1.42. The number of methoxy groups -OCH3 is 2. The molecule has 0 N–H and O–H groups in total. The fraction of sp³-hybridized carbons (Fsp3) is 0.429. The number of hydrogen-bond donors (Lipinski definition) is 0. The Morgan fingerprint density at radius 1 is 1.04 bits per heavy atom. The smallest absolute Gasteiger partial charge is 0.310 e. The van der Waals surface area contributed by atoms with E-state index >= 15 is 0 Å². The van der Waals surface area contributed by atoms with Crippen molar-refractivity contribution in [2.45, 2.75) is 19.3 Å². The van der Waals surface area contributed by atoms with Gasteiger partial charge in [-0.2, -0.15) is 0 Å². The Labute approximate surface area is 148 Å². The van der Waals surface area contributed by atoms with Crippen molar-refractivity contribution in [3.8, 4) is 0 Å². The third-order valence-electron chi connectivity index (χ3n) is 5.03. The van der Waals surface area contributed by atoms with Gasteiger partial charge in [0.05, 0.1) is 26.1 Å². The summed E-state index contributed by atoms with van der Waals surface area (Å²) in [5.41, 5.74) is 2.19. The number of carbonyl (C=O) groups is 2. The minimum Gasteiger partial charge on any atom is -0.469 e. The molecule has 0 aliphatic heterocycles. The van der Waals surface area contributed by atoms with Gasteiger partial charge in [-0.15, -0.1) is 0 Å². The predicted molar refractivity (Wildman–Crippen MR) is 95.4 cm³/mol. The van der Waals surface area contributed by atoms with Crippen LogP contribution in [0.2, 0.25) is 0 Å². The summed E-state index contributed by atoms with van der Waals surface area (Å²) in [5, 5.41) is 0. The Morgan fingerprint density at radius 2 is 1.72 bits per heavy atom. The Balaban J connectivity index is 2.03. The lowest BCUT2D eigenvalue weighted by Gasteiger charge is -2.33. The van der Waals surface area contributed by atoms with Crippen LogP contribution in [0, 0.1) is 23.7 Å². The van der Waals surface area contributed by atoms with Crippen LogP contribution >= 0.6 is 0 Å². The normalized spacial score (nSPS) is 26.2. The summed E-state index contributed by atoms with van der Waals surface area (Å²) in [7, 11) is 2.74. The van der Waals surface area contributed by atoms with Crippen molar-refractivity contribution in [2.75, 3.05) is 14.2 Å². The lowest BCUT2D eigenvalue weighted by molar-refractivity contribution is -0.158. The largest absolute Gasteiger partial charge is 0.469 e. The molecule has 3 unspecified atom stereocenters. The van der Waals surface area contributed by atoms with E-state index in [2.05, 4.69) is 18.2 Å². The molecule has 3 rings (SSSR count). The molecule has 0 spiro atoms. The fourth-order valence-electron chi connectivity index (χ4n) is 3.57. The molecule has 1 aromatic carbocycles. The highest BCUT2D eigenvalue weighted by molar-refractivity contribution is 5.86. The number of benzene rings is 1. The highest BCUT2D eigenvalue weighted by Gasteiger charge is 2.43. The highest BCUT2D eigenvalue weighted by atomic mass is 16.5. The Kier molecular flexibility index (Phi) is 5.37. The van der Waals surface area contributed by atoms with Crippen LogP contribution in [0.1, 0.15) is 24.8 Å². The van der Waals surface area contributed by atoms with Crippen molar-refractivity contribution >= 4 is 17.5 Å². The number of ether oxygens (including phenoxy) is 2. The van der Waals surface area contributed by atoms with Gasteiger partial charge in [0.2, 0.25) is 0 Å². The number of allylic oxidation sites excluding steroid dienone is 4. The molecule has 132 valence electrons. The first-order valence-corrected chi connectivity index (χ1v) is 8.75. The monoisotopic (exact) mass is 340 g/mol. The second kappa shape index (κ2) is 7.68. The van der Waals surface area contributed by atoms with E-state index in [4.69, 9.17) is 9.47 Å². The maximum Gasteiger partial charge on any atom is 0.310 e. The van der Waals surface area contributed by atoms with Crippen LogP contribution < -0.4 is 0 Å². The minimum absolute atomic E-state index is 0.187. The first-order valence-electron chi connectivity index (χ1n) is 8.75. The summed E-state index contributed by atoms with van der Waals surface area (Å²) >= 11 is 0. The van der Waals surface area contributed by atoms with Gasteiger partial charge in [-0.05, 0) is 36.3 Å². The average molecular weight is 340 g/mol. The van der Waals surface area contributed by atoms with Gasteiger partial charge < -0.3 is 9.47 Å². The molecule has 3 atom stereocenters. The van der Waals surface area contributed by atoms with Crippen molar-refractivity contribution in [3.05, 3.63) is 54.1 Å². The van der Waals surface area contributed by atoms with E-state index < -0.39 is 11.8 Å².